The third-order valence-electron chi connectivity index (χ3n) is 2.26. The van der Waals surface area contributed by atoms with E-state index in [1.165, 1.54) is 18.2 Å². The maximum absolute atomic E-state index is 13.2. The predicted molar refractivity (Wildman–Crippen MR) is 57.3 cm³/mol. The summed E-state index contributed by atoms with van der Waals surface area (Å²) in [5.41, 5.74) is -0.858. The molecule has 0 aromatic heterocycles. The van der Waals surface area contributed by atoms with E-state index in [0.717, 1.165) is 0 Å². The number of halogens is 1. The lowest BCUT2D eigenvalue weighted by molar-refractivity contribution is 0.147. The standard InChI is InChI=1S/C11H13FN2O2/c1-11(6-15,7-16)14-10-4-2-3-9(12)8(10)5-13/h2-4,14-16H,6-7H2,1H3. The van der Waals surface area contributed by atoms with Gasteiger partial charge in [0.25, 0.3) is 0 Å². The third kappa shape index (κ3) is 2.48. The molecule has 0 bridgehead atoms. The maximum Gasteiger partial charge on any atom is 0.143 e. The quantitative estimate of drug-likeness (QED) is 0.708. The van der Waals surface area contributed by atoms with Crippen LogP contribution < -0.4 is 5.32 Å². The second-order valence-electron chi connectivity index (χ2n) is 3.78. The molecule has 5 heteroatoms. The van der Waals surface area contributed by atoms with Crippen LogP contribution in [0.5, 0.6) is 0 Å². The summed E-state index contributed by atoms with van der Waals surface area (Å²) in [6.07, 6.45) is 0. The minimum Gasteiger partial charge on any atom is -0.394 e. The molecule has 0 aliphatic carbocycles. The average Bonchev–Trinajstić information content (AvgIpc) is 2.29. The maximum atomic E-state index is 13.2. The molecule has 0 fully saturated rings. The van der Waals surface area contributed by atoms with Gasteiger partial charge in [-0.05, 0) is 19.1 Å². The zero-order valence-electron chi connectivity index (χ0n) is 8.87. The Bertz CT molecular complexity index is 411. The van der Waals surface area contributed by atoms with Crippen LogP contribution in [0.25, 0.3) is 0 Å². The Balaban J connectivity index is 3.07. The molecular formula is C11H13FN2O2. The fourth-order valence-corrected chi connectivity index (χ4v) is 1.20. The fraction of sp³-hybridized carbons (Fsp3) is 0.364. The van der Waals surface area contributed by atoms with Gasteiger partial charge in [0.1, 0.15) is 17.4 Å². The molecule has 0 amide bonds. The summed E-state index contributed by atoms with van der Waals surface area (Å²) in [5, 5.41) is 29.7. The van der Waals surface area contributed by atoms with Crippen molar-refractivity contribution in [3.8, 4) is 6.07 Å². The van der Waals surface area contributed by atoms with Crippen molar-refractivity contribution in [3.63, 3.8) is 0 Å². The number of aliphatic hydroxyl groups excluding tert-OH is 2. The molecule has 4 nitrogen and oxygen atoms in total. The van der Waals surface area contributed by atoms with E-state index in [0.29, 0.717) is 0 Å². The molecule has 0 heterocycles. The molecule has 0 atom stereocenters. The number of benzene rings is 1. The Morgan fingerprint density at radius 2 is 2.06 bits per heavy atom. The second kappa shape index (κ2) is 4.92. The molecule has 0 aliphatic rings. The van der Waals surface area contributed by atoms with Gasteiger partial charge in [0.15, 0.2) is 0 Å². The van der Waals surface area contributed by atoms with Gasteiger partial charge in [0.05, 0.1) is 24.4 Å². The van der Waals surface area contributed by atoms with Gasteiger partial charge in [-0.25, -0.2) is 4.39 Å². The summed E-state index contributed by atoms with van der Waals surface area (Å²) in [5.74, 6) is -0.634. The number of anilines is 1. The first kappa shape index (κ1) is 12.4. The van der Waals surface area contributed by atoms with Gasteiger partial charge in [-0.1, -0.05) is 6.07 Å². The van der Waals surface area contributed by atoms with Crippen molar-refractivity contribution in [2.24, 2.45) is 0 Å². The molecule has 1 rings (SSSR count). The van der Waals surface area contributed by atoms with Crippen LogP contribution in [0.4, 0.5) is 10.1 Å². The SMILES string of the molecule is CC(CO)(CO)Nc1cccc(F)c1C#N. The van der Waals surface area contributed by atoms with E-state index < -0.39 is 11.4 Å². The van der Waals surface area contributed by atoms with E-state index in [9.17, 15) is 4.39 Å². The number of nitrogens with zero attached hydrogens (tertiary/aromatic N) is 1. The van der Waals surface area contributed by atoms with Gasteiger partial charge in [-0.3, -0.25) is 0 Å². The molecule has 86 valence electrons. The number of rotatable bonds is 4. The summed E-state index contributed by atoms with van der Waals surface area (Å²) >= 11 is 0. The topological polar surface area (TPSA) is 76.3 Å². The fourth-order valence-electron chi connectivity index (χ4n) is 1.20. The molecule has 1 aromatic rings. The van der Waals surface area contributed by atoms with Crippen LogP contribution in [0.15, 0.2) is 18.2 Å². The Hall–Kier alpha value is -1.64. The van der Waals surface area contributed by atoms with E-state index >= 15 is 0 Å². The zero-order chi connectivity index (χ0) is 12.2. The molecule has 0 saturated carbocycles. The number of nitrogens with one attached hydrogen (secondary N) is 1. The summed E-state index contributed by atoms with van der Waals surface area (Å²) in [4.78, 5) is 0. The van der Waals surface area contributed by atoms with Gasteiger partial charge in [-0.15, -0.1) is 0 Å². The zero-order valence-corrected chi connectivity index (χ0v) is 8.87. The van der Waals surface area contributed by atoms with Crippen LogP contribution >= 0.6 is 0 Å². The highest BCUT2D eigenvalue weighted by molar-refractivity contribution is 5.59. The highest BCUT2D eigenvalue weighted by Gasteiger charge is 2.23. The predicted octanol–water partition coefficient (Wildman–Crippen LogP) is 0.853. The summed E-state index contributed by atoms with van der Waals surface area (Å²) in [6, 6.07) is 5.88. The third-order valence-corrected chi connectivity index (χ3v) is 2.26. The number of hydrogen-bond acceptors (Lipinski definition) is 4. The number of nitriles is 1. The van der Waals surface area contributed by atoms with Crippen LogP contribution in [0.3, 0.4) is 0 Å². The molecule has 0 aliphatic heterocycles. The van der Waals surface area contributed by atoms with Crippen molar-refractivity contribution in [3.05, 3.63) is 29.6 Å². The van der Waals surface area contributed by atoms with E-state index in [1.807, 2.05) is 0 Å². The lowest BCUT2D eigenvalue weighted by Crippen LogP contribution is -2.42. The highest BCUT2D eigenvalue weighted by atomic mass is 19.1. The highest BCUT2D eigenvalue weighted by Crippen LogP contribution is 2.21. The molecule has 0 spiro atoms. The van der Waals surface area contributed by atoms with Crippen molar-refractivity contribution >= 4 is 5.69 Å². The first-order valence-electron chi connectivity index (χ1n) is 4.75. The first-order valence-corrected chi connectivity index (χ1v) is 4.75. The van der Waals surface area contributed by atoms with Crippen LogP contribution in [0.2, 0.25) is 0 Å². The number of aliphatic hydroxyl groups is 2. The lowest BCUT2D eigenvalue weighted by atomic mass is 10.0. The van der Waals surface area contributed by atoms with Crippen LogP contribution in [0.1, 0.15) is 12.5 Å². The van der Waals surface area contributed by atoms with E-state index in [-0.39, 0.29) is 24.5 Å². The minimum absolute atomic E-state index is 0.129. The molecule has 0 radical (unpaired) electrons. The van der Waals surface area contributed by atoms with Crippen LogP contribution in [-0.4, -0.2) is 29.0 Å². The summed E-state index contributed by atoms with van der Waals surface area (Å²) in [6.45, 7) is 0.912. The van der Waals surface area contributed by atoms with Gasteiger partial charge >= 0.3 is 0 Å². The van der Waals surface area contributed by atoms with Gasteiger partial charge in [-0.2, -0.15) is 5.26 Å². The molecular weight excluding hydrogens is 211 g/mol. The van der Waals surface area contributed by atoms with Crippen LogP contribution in [0, 0.1) is 17.1 Å². The number of hydrogen-bond donors (Lipinski definition) is 3. The largest absolute Gasteiger partial charge is 0.394 e. The van der Waals surface area contributed by atoms with Crippen molar-refractivity contribution < 1.29 is 14.6 Å². The molecule has 1 aromatic carbocycles. The second-order valence-corrected chi connectivity index (χ2v) is 3.78. The van der Waals surface area contributed by atoms with Crippen LogP contribution in [-0.2, 0) is 0 Å². The first-order chi connectivity index (χ1) is 7.56. The molecule has 3 N–H and O–H groups in total. The van der Waals surface area contributed by atoms with E-state index in [2.05, 4.69) is 5.32 Å². The van der Waals surface area contributed by atoms with E-state index in [4.69, 9.17) is 15.5 Å². The van der Waals surface area contributed by atoms with Gasteiger partial charge in [0, 0.05) is 0 Å². The molecule has 16 heavy (non-hydrogen) atoms. The summed E-state index contributed by atoms with van der Waals surface area (Å²) < 4.78 is 13.2. The molecule has 0 saturated heterocycles. The summed E-state index contributed by atoms with van der Waals surface area (Å²) in [7, 11) is 0. The Kier molecular flexibility index (Phi) is 3.82. The normalized spacial score (nSPS) is 10.9. The average molecular weight is 224 g/mol. The Morgan fingerprint density at radius 3 is 2.56 bits per heavy atom. The van der Waals surface area contributed by atoms with Crippen molar-refractivity contribution in [2.45, 2.75) is 12.5 Å². The lowest BCUT2D eigenvalue weighted by Gasteiger charge is -2.27. The Labute approximate surface area is 93.0 Å². The van der Waals surface area contributed by atoms with Crippen molar-refractivity contribution in [2.75, 3.05) is 18.5 Å². The monoisotopic (exact) mass is 224 g/mol. The van der Waals surface area contributed by atoms with Crippen molar-refractivity contribution in [1.82, 2.24) is 0 Å². The Morgan fingerprint density at radius 1 is 1.44 bits per heavy atom. The van der Waals surface area contributed by atoms with Gasteiger partial charge < -0.3 is 15.5 Å². The van der Waals surface area contributed by atoms with E-state index in [1.54, 1.807) is 13.0 Å². The van der Waals surface area contributed by atoms with Gasteiger partial charge in [0.2, 0.25) is 0 Å². The smallest absolute Gasteiger partial charge is 0.143 e. The van der Waals surface area contributed by atoms with Crippen molar-refractivity contribution in [1.29, 1.82) is 5.26 Å². The minimum atomic E-state index is -0.987. The molecule has 0 unspecified atom stereocenters.